The number of non-ortho nitro benzene ring substituents is 1. The number of nitro benzene ring substituents is 1. The fourth-order valence-corrected chi connectivity index (χ4v) is 3.13. The summed E-state index contributed by atoms with van der Waals surface area (Å²) < 4.78 is 1.16. The minimum Gasteiger partial charge on any atom is -0.494 e. The number of aromatic hydroxyl groups is 1. The van der Waals surface area contributed by atoms with Crippen molar-refractivity contribution in [1.29, 1.82) is 5.26 Å². The summed E-state index contributed by atoms with van der Waals surface area (Å²) in [5, 5.41) is 31.1. The highest BCUT2D eigenvalue weighted by Crippen LogP contribution is 2.27. The Morgan fingerprint density at radius 1 is 1.20 bits per heavy atom. The quantitative estimate of drug-likeness (QED) is 0.393. The Bertz CT molecular complexity index is 1220. The van der Waals surface area contributed by atoms with Crippen molar-refractivity contribution in [3.63, 3.8) is 0 Å². The number of pyridine rings is 1. The van der Waals surface area contributed by atoms with Crippen LogP contribution in [0.5, 0.6) is 5.88 Å². The van der Waals surface area contributed by atoms with Crippen LogP contribution in [-0.4, -0.2) is 20.8 Å². The first kappa shape index (κ1) is 20.5. The molecule has 30 heavy (non-hydrogen) atoms. The van der Waals surface area contributed by atoms with E-state index in [9.17, 15) is 25.3 Å². The van der Waals surface area contributed by atoms with Gasteiger partial charge in [-0.3, -0.25) is 24.5 Å². The summed E-state index contributed by atoms with van der Waals surface area (Å²) in [7, 11) is 0. The Morgan fingerprint density at radius 2 is 1.83 bits per heavy atom. The predicted octanol–water partition coefficient (Wildman–Crippen LogP) is 4.00. The molecule has 0 aliphatic heterocycles. The largest absolute Gasteiger partial charge is 0.494 e. The lowest BCUT2D eigenvalue weighted by atomic mass is 10.0. The van der Waals surface area contributed by atoms with Gasteiger partial charge in [0.2, 0.25) is 5.88 Å². The van der Waals surface area contributed by atoms with Crippen molar-refractivity contribution in [2.75, 3.05) is 0 Å². The lowest BCUT2D eigenvalue weighted by Crippen LogP contribution is -2.28. The van der Waals surface area contributed by atoms with Crippen molar-refractivity contribution in [2.24, 2.45) is 4.99 Å². The topological polar surface area (TPSA) is 122 Å². The maximum atomic E-state index is 12.9. The highest BCUT2D eigenvalue weighted by Gasteiger charge is 2.22. The first-order valence-electron chi connectivity index (χ1n) is 9.06. The molecule has 1 N–H and O–H groups in total. The molecule has 0 aliphatic carbocycles. The van der Waals surface area contributed by atoms with Crippen molar-refractivity contribution >= 4 is 17.6 Å². The van der Waals surface area contributed by atoms with E-state index in [1.165, 1.54) is 30.5 Å². The summed E-state index contributed by atoms with van der Waals surface area (Å²) in [5.74, 6) is -0.307. The number of benzene rings is 2. The average molecular weight is 402 g/mol. The number of nitriles is 1. The zero-order valence-electron chi connectivity index (χ0n) is 16.3. The molecule has 8 heteroatoms. The fraction of sp³-hybridized carbons (Fsp3) is 0.136. The monoisotopic (exact) mass is 402 g/mol. The molecule has 2 aromatic carbocycles. The lowest BCUT2D eigenvalue weighted by Gasteiger charge is -2.20. The van der Waals surface area contributed by atoms with Crippen molar-refractivity contribution in [3.8, 4) is 11.9 Å². The van der Waals surface area contributed by atoms with E-state index < -0.39 is 16.5 Å². The van der Waals surface area contributed by atoms with E-state index in [0.29, 0.717) is 11.3 Å². The summed E-state index contributed by atoms with van der Waals surface area (Å²) in [6.07, 6.45) is 1.35. The number of aromatic nitrogens is 1. The van der Waals surface area contributed by atoms with Crippen LogP contribution >= 0.6 is 0 Å². The smallest absolute Gasteiger partial charge is 0.272 e. The van der Waals surface area contributed by atoms with E-state index in [0.717, 1.165) is 10.1 Å². The molecule has 3 rings (SSSR count). The van der Waals surface area contributed by atoms with E-state index in [1.54, 1.807) is 13.8 Å². The molecule has 1 atom stereocenters. The van der Waals surface area contributed by atoms with Gasteiger partial charge >= 0.3 is 0 Å². The van der Waals surface area contributed by atoms with Crippen LogP contribution in [0.2, 0.25) is 0 Å². The highest BCUT2D eigenvalue weighted by molar-refractivity contribution is 5.87. The van der Waals surface area contributed by atoms with Gasteiger partial charge in [0.25, 0.3) is 11.2 Å². The second kappa shape index (κ2) is 8.41. The SMILES string of the molecule is Cc1c(C=Nc2ccc([N+](=O)[O-])cc2)c(O)n(C(C)c2ccccc2)c(=O)c1C#N. The molecule has 8 nitrogen and oxygen atoms in total. The first-order chi connectivity index (χ1) is 14.3. The minimum atomic E-state index is -0.587. The molecule has 1 aromatic heterocycles. The van der Waals surface area contributed by atoms with Crippen molar-refractivity contribution in [3.05, 3.63) is 97.3 Å². The van der Waals surface area contributed by atoms with Crippen LogP contribution in [-0.2, 0) is 0 Å². The van der Waals surface area contributed by atoms with Gasteiger partial charge in [-0.15, -0.1) is 0 Å². The number of rotatable bonds is 5. The summed E-state index contributed by atoms with van der Waals surface area (Å²) >= 11 is 0. The zero-order valence-corrected chi connectivity index (χ0v) is 16.3. The Morgan fingerprint density at radius 3 is 2.40 bits per heavy atom. The number of hydrogen-bond donors (Lipinski definition) is 1. The van der Waals surface area contributed by atoms with Gasteiger partial charge in [0.15, 0.2) is 0 Å². The highest BCUT2D eigenvalue weighted by atomic mass is 16.6. The second-order valence-electron chi connectivity index (χ2n) is 6.64. The van der Waals surface area contributed by atoms with Gasteiger partial charge in [-0.2, -0.15) is 5.26 Å². The molecule has 150 valence electrons. The first-order valence-corrected chi connectivity index (χ1v) is 9.06. The zero-order chi connectivity index (χ0) is 21.8. The summed E-state index contributed by atoms with van der Waals surface area (Å²) in [4.78, 5) is 27.4. The van der Waals surface area contributed by atoms with Gasteiger partial charge < -0.3 is 5.11 Å². The van der Waals surface area contributed by atoms with Crippen LogP contribution in [0.15, 0.2) is 64.4 Å². The van der Waals surface area contributed by atoms with Crippen LogP contribution in [0.1, 0.15) is 35.2 Å². The summed E-state index contributed by atoms with van der Waals surface area (Å²) in [6.45, 7) is 3.32. The summed E-state index contributed by atoms with van der Waals surface area (Å²) in [6, 6.07) is 16.1. The second-order valence-corrected chi connectivity index (χ2v) is 6.64. The number of nitrogens with zero attached hydrogens (tertiary/aromatic N) is 4. The van der Waals surface area contributed by atoms with Gasteiger partial charge in [-0.05, 0) is 37.1 Å². The molecule has 0 fully saturated rings. The van der Waals surface area contributed by atoms with Crippen LogP contribution in [0.25, 0.3) is 0 Å². The van der Waals surface area contributed by atoms with Crippen LogP contribution in [0, 0.1) is 28.4 Å². The maximum Gasteiger partial charge on any atom is 0.272 e. The molecule has 1 heterocycles. The van der Waals surface area contributed by atoms with Gasteiger partial charge in [-0.1, -0.05) is 30.3 Å². The number of nitro groups is 1. The standard InChI is InChI=1S/C22H18N4O4/c1-14-19(12-23)21(27)25(15(2)16-6-4-3-5-7-16)22(28)20(14)13-24-17-8-10-18(11-9-17)26(29)30/h3-11,13,15,28H,1-2H3. The molecule has 0 amide bonds. The third kappa shape index (κ3) is 3.82. The lowest BCUT2D eigenvalue weighted by molar-refractivity contribution is -0.384. The molecule has 0 spiro atoms. The van der Waals surface area contributed by atoms with Crippen molar-refractivity contribution in [1.82, 2.24) is 4.57 Å². The van der Waals surface area contributed by atoms with E-state index in [4.69, 9.17) is 0 Å². The van der Waals surface area contributed by atoms with Gasteiger partial charge in [0.05, 0.1) is 22.2 Å². The normalized spacial score (nSPS) is 11.9. The fourth-order valence-electron chi connectivity index (χ4n) is 3.13. The molecular formula is C22H18N4O4. The Hall–Kier alpha value is -4.25. The average Bonchev–Trinajstić information content (AvgIpc) is 2.74. The predicted molar refractivity (Wildman–Crippen MR) is 112 cm³/mol. The van der Waals surface area contributed by atoms with Crippen molar-refractivity contribution in [2.45, 2.75) is 19.9 Å². The van der Waals surface area contributed by atoms with Crippen molar-refractivity contribution < 1.29 is 10.0 Å². The summed E-state index contributed by atoms with van der Waals surface area (Å²) in [5.41, 5.74) is 1.02. The van der Waals surface area contributed by atoms with Crippen LogP contribution in [0.3, 0.4) is 0 Å². The molecule has 3 aromatic rings. The third-order valence-corrected chi connectivity index (χ3v) is 4.87. The van der Waals surface area contributed by atoms with Crippen LogP contribution < -0.4 is 5.56 Å². The molecular weight excluding hydrogens is 384 g/mol. The number of aliphatic imine (C=N–C) groups is 1. The third-order valence-electron chi connectivity index (χ3n) is 4.87. The van der Waals surface area contributed by atoms with E-state index in [2.05, 4.69) is 4.99 Å². The Balaban J connectivity index is 2.12. The Labute approximate surface area is 172 Å². The van der Waals surface area contributed by atoms with Crippen LogP contribution in [0.4, 0.5) is 11.4 Å². The Kier molecular flexibility index (Phi) is 5.74. The van der Waals surface area contributed by atoms with Gasteiger partial charge in [0, 0.05) is 18.3 Å². The van der Waals surface area contributed by atoms with E-state index in [1.807, 2.05) is 36.4 Å². The molecule has 1 unspecified atom stereocenters. The van der Waals surface area contributed by atoms with Gasteiger partial charge in [-0.25, -0.2) is 0 Å². The van der Waals surface area contributed by atoms with E-state index in [-0.39, 0.29) is 22.7 Å². The molecule has 0 saturated heterocycles. The molecule has 0 aliphatic rings. The minimum absolute atomic E-state index is 0.0648. The maximum absolute atomic E-state index is 12.9. The van der Waals surface area contributed by atoms with Gasteiger partial charge in [0.1, 0.15) is 11.6 Å². The molecule has 0 bridgehead atoms. The van der Waals surface area contributed by atoms with E-state index >= 15 is 0 Å². The molecule has 0 radical (unpaired) electrons. The molecule has 0 saturated carbocycles. The number of hydrogen-bond acceptors (Lipinski definition) is 6.